The summed E-state index contributed by atoms with van der Waals surface area (Å²) in [7, 11) is 0. The molecule has 0 saturated carbocycles. The average Bonchev–Trinajstić information content (AvgIpc) is 3.34. The van der Waals surface area contributed by atoms with Crippen LogP contribution in [0, 0.1) is 13.8 Å². The van der Waals surface area contributed by atoms with Gasteiger partial charge in [-0.1, -0.05) is 47.6 Å². The van der Waals surface area contributed by atoms with Crippen LogP contribution >= 0.6 is 0 Å². The van der Waals surface area contributed by atoms with E-state index < -0.39 is 0 Å². The lowest BCUT2D eigenvalue weighted by molar-refractivity contribution is -0.116. The first-order valence-corrected chi connectivity index (χ1v) is 10.8. The van der Waals surface area contributed by atoms with Crippen LogP contribution in [0.3, 0.4) is 0 Å². The minimum absolute atomic E-state index is 0.129. The van der Waals surface area contributed by atoms with E-state index in [2.05, 4.69) is 20.4 Å². The summed E-state index contributed by atoms with van der Waals surface area (Å²) in [6.07, 6.45) is 1.64. The number of fused-ring (bicyclic) bond motifs is 1. The predicted octanol–water partition coefficient (Wildman–Crippen LogP) is 4.37. The Hall–Kier alpha value is -4.59. The van der Waals surface area contributed by atoms with E-state index in [0.717, 1.165) is 22.2 Å². The van der Waals surface area contributed by atoms with Gasteiger partial charge in [-0.3, -0.25) is 19.1 Å². The van der Waals surface area contributed by atoms with Crippen LogP contribution in [-0.2, 0) is 11.3 Å². The summed E-state index contributed by atoms with van der Waals surface area (Å²) in [5.74, 6) is 0.255. The molecule has 0 atom stereocenters. The quantitative estimate of drug-likeness (QED) is 0.426. The van der Waals surface area contributed by atoms with Crippen LogP contribution in [0.1, 0.15) is 11.1 Å². The Labute approximate surface area is 194 Å². The molecule has 0 saturated heterocycles. The minimum atomic E-state index is -0.344. The number of anilines is 1. The lowest BCUT2D eigenvalue weighted by Gasteiger charge is -2.14. The molecule has 34 heavy (non-hydrogen) atoms. The van der Waals surface area contributed by atoms with Crippen molar-refractivity contribution in [1.29, 1.82) is 0 Å². The molecule has 0 unspecified atom stereocenters. The molecule has 3 heterocycles. The highest BCUT2D eigenvalue weighted by Crippen LogP contribution is 2.27. The molecule has 5 rings (SSSR count). The molecule has 5 aromatic rings. The number of carbonyl (C=O) groups is 1. The normalized spacial score (nSPS) is 11.0. The molecule has 0 radical (unpaired) electrons. The van der Waals surface area contributed by atoms with E-state index in [1.165, 1.54) is 10.6 Å². The third-order valence-electron chi connectivity index (χ3n) is 5.62. The molecule has 0 aliphatic carbocycles. The maximum absolute atomic E-state index is 13.1. The van der Waals surface area contributed by atoms with Crippen molar-refractivity contribution in [2.75, 3.05) is 5.32 Å². The summed E-state index contributed by atoms with van der Waals surface area (Å²) in [5, 5.41) is 7.67. The van der Waals surface area contributed by atoms with Gasteiger partial charge in [-0.15, -0.1) is 0 Å². The molecule has 2 aromatic carbocycles. The molecular formula is C26H21N5O3. The summed E-state index contributed by atoms with van der Waals surface area (Å²) in [5.41, 5.74) is 4.00. The van der Waals surface area contributed by atoms with Gasteiger partial charge >= 0.3 is 0 Å². The number of aromatic nitrogens is 4. The highest BCUT2D eigenvalue weighted by atomic mass is 16.5. The Kier molecular flexibility index (Phi) is 5.47. The van der Waals surface area contributed by atoms with Gasteiger partial charge in [-0.25, -0.2) is 0 Å². The standard InChI is InChI=1S/C26H21N5O3/c1-16-8-7-9-17(2)24(16)28-22(32)15-31-21-12-4-3-10-18(21)19(14-23(31)33)26-29-25(30-34-26)20-11-5-6-13-27-20/h3-14H,15H2,1-2H3,(H,28,32). The molecule has 1 amide bonds. The van der Waals surface area contributed by atoms with Crippen LogP contribution in [-0.4, -0.2) is 25.6 Å². The lowest BCUT2D eigenvalue weighted by atomic mass is 10.1. The SMILES string of the molecule is Cc1cccc(C)c1NC(=O)Cn1c(=O)cc(-c2nc(-c3ccccn3)no2)c2ccccc21. The van der Waals surface area contributed by atoms with Gasteiger partial charge in [0.25, 0.3) is 11.4 Å². The Balaban J connectivity index is 1.52. The number of benzene rings is 2. The maximum atomic E-state index is 13.1. The van der Waals surface area contributed by atoms with Gasteiger partial charge in [-0.05, 0) is 43.2 Å². The number of para-hydroxylation sites is 2. The van der Waals surface area contributed by atoms with Crippen LogP contribution in [0.4, 0.5) is 5.69 Å². The van der Waals surface area contributed by atoms with E-state index in [0.29, 0.717) is 22.6 Å². The molecule has 0 aliphatic heterocycles. The van der Waals surface area contributed by atoms with Crippen LogP contribution in [0.25, 0.3) is 33.9 Å². The second-order valence-electron chi connectivity index (χ2n) is 7.95. The zero-order valence-corrected chi connectivity index (χ0v) is 18.6. The van der Waals surface area contributed by atoms with Gasteiger partial charge < -0.3 is 9.84 Å². The lowest BCUT2D eigenvalue weighted by Crippen LogP contribution is -2.28. The van der Waals surface area contributed by atoms with Crippen molar-refractivity contribution in [3.05, 3.63) is 94.4 Å². The molecule has 1 N–H and O–H groups in total. The van der Waals surface area contributed by atoms with Gasteiger partial charge in [-0.2, -0.15) is 4.98 Å². The van der Waals surface area contributed by atoms with Crippen molar-refractivity contribution in [2.45, 2.75) is 20.4 Å². The Morgan fingerprint density at radius 2 is 1.76 bits per heavy atom. The van der Waals surface area contributed by atoms with E-state index in [4.69, 9.17) is 4.52 Å². The Morgan fingerprint density at radius 3 is 2.53 bits per heavy atom. The molecule has 168 valence electrons. The average molecular weight is 451 g/mol. The number of nitrogens with one attached hydrogen (secondary N) is 1. The molecule has 0 fully saturated rings. The fourth-order valence-corrected chi connectivity index (χ4v) is 3.94. The smallest absolute Gasteiger partial charge is 0.259 e. The molecule has 3 aromatic heterocycles. The van der Waals surface area contributed by atoms with Gasteiger partial charge in [0.05, 0.1) is 11.1 Å². The molecular weight excluding hydrogens is 430 g/mol. The molecule has 8 nitrogen and oxygen atoms in total. The first-order chi connectivity index (χ1) is 16.5. The Bertz CT molecular complexity index is 1550. The number of aryl methyl sites for hydroxylation is 2. The third-order valence-corrected chi connectivity index (χ3v) is 5.62. The summed E-state index contributed by atoms with van der Waals surface area (Å²) in [4.78, 5) is 34.7. The highest BCUT2D eigenvalue weighted by molar-refractivity contribution is 5.96. The number of hydrogen-bond acceptors (Lipinski definition) is 6. The summed E-state index contributed by atoms with van der Waals surface area (Å²) in [6, 6.07) is 20.0. The number of rotatable bonds is 5. The van der Waals surface area contributed by atoms with Crippen LogP contribution in [0.2, 0.25) is 0 Å². The monoisotopic (exact) mass is 451 g/mol. The Morgan fingerprint density at radius 1 is 1.00 bits per heavy atom. The van der Waals surface area contributed by atoms with Gasteiger partial charge in [0, 0.05) is 23.3 Å². The van der Waals surface area contributed by atoms with Gasteiger partial charge in [0.15, 0.2) is 0 Å². The van der Waals surface area contributed by atoms with Crippen molar-refractivity contribution in [3.8, 4) is 23.0 Å². The van der Waals surface area contributed by atoms with Crippen LogP contribution in [0.5, 0.6) is 0 Å². The minimum Gasteiger partial charge on any atom is -0.334 e. The first-order valence-electron chi connectivity index (χ1n) is 10.8. The highest BCUT2D eigenvalue weighted by Gasteiger charge is 2.18. The molecule has 0 bridgehead atoms. The summed E-state index contributed by atoms with van der Waals surface area (Å²) < 4.78 is 6.91. The van der Waals surface area contributed by atoms with Crippen molar-refractivity contribution in [2.24, 2.45) is 0 Å². The second kappa shape index (κ2) is 8.74. The van der Waals surface area contributed by atoms with E-state index >= 15 is 0 Å². The number of carbonyl (C=O) groups excluding carboxylic acids is 1. The van der Waals surface area contributed by atoms with Crippen LogP contribution < -0.4 is 10.9 Å². The van der Waals surface area contributed by atoms with Crippen LogP contribution in [0.15, 0.2) is 82.2 Å². The number of hydrogen-bond donors (Lipinski definition) is 1. The zero-order chi connectivity index (χ0) is 23.7. The fraction of sp³-hybridized carbons (Fsp3) is 0.115. The van der Waals surface area contributed by atoms with Crippen molar-refractivity contribution >= 4 is 22.5 Å². The van der Waals surface area contributed by atoms with Gasteiger partial charge in [0.2, 0.25) is 11.7 Å². The van der Waals surface area contributed by atoms with E-state index in [1.54, 1.807) is 24.4 Å². The number of pyridine rings is 2. The third kappa shape index (κ3) is 3.97. The van der Waals surface area contributed by atoms with E-state index in [9.17, 15) is 9.59 Å². The predicted molar refractivity (Wildman–Crippen MR) is 129 cm³/mol. The maximum Gasteiger partial charge on any atom is 0.259 e. The zero-order valence-electron chi connectivity index (χ0n) is 18.6. The first kappa shape index (κ1) is 21.3. The fourth-order valence-electron chi connectivity index (χ4n) is 3.94. The second-order valence-corrected chi connectivity index (χ2v) is 7.95. The summed E-state index contributed by atoms with van der Waals surface area (Å²) >= 11 is 0. The summed E-state index contributed by atoms with van der Waals surface area (Å²) in [6.45, 7) is 3.74. The van der Waals surface area contributed by atoms with Crippen molar-refractivity contribution in [3.63, 3.8) is 0 Å². The van der Waals surface area contributed by atoms with Gasteiger partial charge in [0.1, 0.15) is 12.2 Å². The molecule has 0 aliphatic rings. The molecule has 8 heteroatoms. The topological polar surface area (TPSA) is 103 Å². The van der Waals surface area contributed by atoms with Crippen molar-refractivity contribution < 1.29 is 9.32 Å². The van der Waals surface area contributed by atoms with E-state index in [1.807, 2.05) is 56.3 Å². The van der Waals surface area contributed by atoms with Crippen molar-refractivity contribution in [1.82, 2.24) is 19.7 Å². The number of nitrogens with zero attached hydrogens (tertiary/aromatic N) is 4. The number of amides is 1. The van der Waals surface area contributed by atoms with E-state index in [-0.39, 0.29) is 23.9 Å². The molecule has 0 spiro atoms. The largest absolute Gasteiger partial charge is 0.334 e.